The second kappa shape index (κ2) is 11.0. The Labute approximate surface area is 236 Å². The summed E-state index contributed by atoms with van der Waals surface area (Å²) in [6.45, 7) is 11.2. The van der Waals surface area contributed by atoms with Crippen molar-refractivity contribution in [2.45, 2.75) is 39.7 Å². The summed E-state index contributed by atoms with van der Waals surface area (Å²) in [5.41, 5.74) is 2.51. The molecule has 0 radical (unpaired) electrons. The number of hydrogen-bond donors (Lipinski definition) is 2. The van der Waals surface area contributed by atoms with E-state index >= 15 is 0 Å². The predicted octanol–water partition coefficient (Wildman–Crippen LogP) is 6.72. The first-order chi connectivity index (χ1) is 19.2. The molecule has 0 saturated carbocycles. The van der Waals surface area contributed by atoms with Crippen LogP contribution >= 0.6 is 0 Å². The lowest BCUT2D eigenvalue weighted by molar-refractivity contribution is 0.319. The largest absolute Gasteiger partial charge is 0.534 e. The molecule has 1 aromatic heterocycles. The Morgan fingerprint density at radius 2 is 1.48 bits per heavy atom. The third kappa shape index (κ3) is 5.12. The maximum atomic E-state index is 10.3. The minimum absolute atomic E-state index is 0.0512. The number of nitrogens with zero attached hydrogens (tertiary/aromatic N) is 2. The first kappa shape index (κ1) is 27.2. The zero-order valence-corrected chi connectivity index (χ0v) is 24.6. The fourth-order valence-electron chi connectivity index (χ4n) is 5.18. The Bertz CT molecular complexity index is 1580. The zero-order valence-electron chi connectivity index (χ0n) is 23.6. The van der Waals surface area contributed by atoms with Crippen LogP contribution in [0.1, 0.15) is 33.3 Å². The molecule has 0 aliphatic carbocycles. The number of fused-ring (bicyclic) bond motifs is 1. The van der Waals surface area contributed by atoms with Gasteiger partial charge in [0.25, 0.3) is 0 Å². The summed E-state index contributed by atoms with van der Waals surface area (Å²) >= 11 is 0. The average Bonchev–Trinajstić information content (AvgIpc) is 2.94. The highest BCUT2D eigenvalue weighted by Crippen LogP contribution is 2.39. The van der Waals surface area contributed by atoms with Crippen LogP contribution in [0, 0.1) is 6.92 Å². The van der Waals surface area contributed by atoms with Gasteiger partial charge in [-0.15, -0.1) is 0 Å². The molecule has 1 heterocycles. The quantitative estimate of drug-likeness (QED) is 0.209. The second-order valence-corrected chi connectivity index (χ2v) is 15.1. The van der Waals surface area contributed by atoms with E-state index in [1.807, 2.05) is 19.1 Å². The van der Waals surface area contributed by atoms with E-state index in [1.54, 1.807) is 12.1 Å². The van der Waals surface area contributed by atoms with Crippen LogP contribution < -0.4 is 24.9 Å². The Balaban J connectivity index is 1.60. The highest BCUT2D eigenvalue weighted by Gasteiger charge is 2.52. The summed E-state index contributed by atoms with van der Waals surface area (Å²) in [6.07, 6.45) is 1.48. The molecule has 40 heavy (non-hydrogen) atoms. The highest BCUT2D eigenvalue weighted by atomic mass is 28.4. The minimum atomic E-state index is -2.80. The van der Waals surface area contributed by atoms with Gasteiger partial charge in [0.1, 0.15) is 17.9 Å². The number of nitrogens with one attached hydrogen (secondary N) is 1. The molecule has 4 aromatic carbocycles. The van der Waals surface area contributed by atoms with Gasteiger partial charge in [0.05, 0.1) is 12.1 Å². The van der Waals surface area contributed by atoms with E-state index in [9.17, 15) is 5.11 Å². The van der Waals surface area contributed by atoms with Crippen molar-refractivity contribution in [2.24, 2.45) is 0 Å². The van der Waals surface area contributed by atoms with Gasteiger partial charge >= 0.3 is 8.32 Å². The molecule has 0 unspecified atom stereocenters. The number of anilines is 2. The maximum absolute atomic E-state index is 10.3. The van der Waals surface area contributed by atoms with Gasteiger partial charge in [-0.2, -0.15) is 0 Å². The molecule has 0 aliphatic heterocycles. The lowest BCUT2D eigenvalue weighted by Gasteiger charge is -2.43. The van der Waals surface area contributed by atoms with Crippen molar-refractivity contribution >= 4 is 41.1 Å². The number of ether oxygens (including phenoxy) is 1. The molecule has 5 rings (SSSR count). The molecular formula is C33H35N3O3Si. The Morgan fingerprint density at radius 1 is 0.825 bits per heavy atom. The molecule has 0 saturated heterocycles. The van der Waals surface area contributed by atoms with E-state index < -0.39 is 8.32 Å². The summed E-state index contributed by atoms with van der Waals surface area (Å²) in [5, 5.41) is 16.8. The van der Waals surface area contributed by atoms with E-state index in [-0.39, 0.29) is 10.8 Å². The van der Waals surface area contributed by atoms with Gasteiger partial charge in [0.2, 0.25) is 0 Å². The normalized spacial score (nSPS) is 11.8. The molecule has 5 aromatic rings. The second-order valence-electron chi connectivity index (χ2n) is 10.9. The molecule has 2 N–H and O–H groups in total. The molecule has 0 amide bonds. The molecule has 6 nitrogen and oxygen atoms in total. The number of aromatic hydroxyl groups is 1. The third-order valence-corrected chi connectivity index (χ3v) is 12.1. The van der Waals surface area contributed by atoms with Crippen LogP contribution in [0.15, 0.2) is 97.3 Å². The summed E-state index contributed by atoms with van der Waals surface area (Å²) in [7, 11) is -2.80. The number of phenolic OH excluding ortho intramolecular Hbond substituents is 1. The minimum Gasteiger partial charge on any atom is -0.534 e. The van der Waals surface area contributed by atoms with Crippen molar-refractivity contribution < 1.29 is 14.3 Å². The fraction of sp³-hybridized carbons (Fsp3) is 0.212. The van der Waals surface area contributed by atoms with E-state index in [1.165, 1.54) is 16.7 Å². The van der Waals surface area contributed by atoms with E-state index in [2.05, 4.69) is 110 Å². The van der Waals surface area contributed by atoms with Gasteiger partial charge in [-0.1, -0.05) is 87.5 Å². The van der Waals surface area contributed by atoms with Crippen LogP contribution in [0.3, 0.4) is 0 Å². The van der Waals surface area contributed by atoms with Gasteiger partial charge in [-0.3, -0.25) is 0 Å². The fourth-order valence-corrected chi connectivity index (χ4v) is 9.66. The predicted molar refractivity (Wildman–Crippen MR) is 165 cm³/mol. The van der Waals surface area contributed by atoms with Crippen LogP contribution in [-0.2, 0) is 0 Å². The number of phenols is 1. The van der Waals surface area contributed by atoms with Crippen molar-refractivity contribution in [1.29, 1.82) is 0 Å². The van der Waals surface area contributed by atoms with Gasteiger partial charge in [-0.05, 0) is 47.0 Å². The number of aryl methyl sites for hydroxylation is 1. The van der Waals surface area contributed by atoms with Crippen LogP contribution in [0.2, 0.25) is 5.04 Å². The topological polar surface area (TPSA) is 76.5 Å². The van der Waals surface area contributed by atoms with Gasteiger partial charge < -0.3 is 19.6 Å². The first-order valence-corrected chi connectivity index (χ1v) is 15.4. The Morgan fingerprint density at radius 3 is 2.08 bits per heavy atom. The summed E-state index contributed by atoms with van der Waals surface area (Å²) in [6, 6.07) is 30.7. The third-order valence-electron chi connectivity index (χ3n) is 7.15. The smallest absolute Gasteiger partial charge is 0.319 e. The lowest BCUT2D eigenvalue weighted by atomic mass is 10.2. The van der Waals surface area contributed by atoms with Crippen LogP contribution in [0.5, 0.6) is 17.2 Å². The standard InChI is InChI=1S/C33H35N3O3Si/c1-6-38-31-20-27-28(21-29(31)37)34-22-35-32(27)36-24-18-17-23(2)30(19-24)39-40(33(3,4)5,25-13-9-7-10-14-25)26-15-11-8-12-16-26/h7-22,37H,6H2,1-5H3,(H,34,35,36). The molecule has 0 bridgehead atoms. The molecule has 0 fully saturated rings. The maximum Gasteiger partial charge on any atom is 0.319 e. The summed E-state index contributed by atoms with van der Waals surface area (Å²) in [5.74, 6) is 1.89. The lowest BCUT2D eigenvalue weighted by Crippen LogP contribution is -2.68. The van der Waals surface area contributed by atoms with Crippen molar-refractivity contribution in [2.75, 3.05) is 11.9 Å². The molecule has 0 atom stereocenters. The van der Waals surface area contributed by atoms with Crippen molar-refractivity contribution in [1.82, 2.24) is 9.97 Å². The molecule has 204 valence electrons. The van der Waals surface area contributed by atoms with E-state index in [0.29, 0.717) is 23.7 Å². The van der Waals surface area contributed by atoms with Crippen molar-refractivity contribution in [3.63, 3.8) is 0 Å². The van der Waals surface area contributed by atoms with Crippen LogP contribution in [-0.4, -0.2) is 30.0 Å². The molecule has 0 aliphatic rings. The van der Waals surface area contributed by atoms with E-state index in [0.717, 1.165) is 22.4 Å². The first-order valence-electron chi connectivity index (χ1n) is 13.5. The molecular weight excluding hydrogens is 514 g/mol. The van der Waals surface area contributed by atoms with Crippen LogP contribution in [0.4, 0.5) is 11.5 Å². The molecule has 7 heteroatoms. The monoisotopic (exact) mass is 549 g/mol. The summed E-state index contributed by atoms with van der Waals surface area (Å²) < 4.78 is 12.9. The number of hydrogen-bond acceptors (Lipinski definition) is 6. The van der Waals surface area contributed by atoms with Crippen LogP contribution in [0.25, 0.3) is 10.9 Å². The van der Waals surface area contributed by atoms with Gasteiger partial charge in [0.15, 0.2) is 11.5 Å². The zero-order chi connectivity index (χ0) is 28.3. The number of aromatic nitrogens is 2. The van der Waals surface area contributed by atoms with Gasteiger partial charge in [-0.25, -0.2) is 9.97 Å². The molecule has 0 spiro atoms. The van der Waals surface area contributed by atoms with Crippen molar-refractivity contribution in [3.8, 4) is 17.2 Å². The SMILES string of the molecule is CCOc1cc2c(Nc3ccc(C)c(O[Si](c4ccccc4)(c4ccccc4)C(C)(C)C)c3)ncnc2cc1O. The van der Waals surface area contributed by atoms with Crippen molar-refractivity contribution in [3.05, 3.63) is 103 Å². The Hall–Kier alpha value is -4.36. The Kier molecular flexibility index (Phi) is 7.50. The summed E-state index contributed by atoms with van der Waals surface area (Å²) in [4.78, 5) is 8.84. The van der Waals surface area contributed by atoms with Gasteiger partial charge in [0, 0.05) is 23.2 Å². The number of benzene rings is 4. The van der Waals surface area contributed by atoms with E-state index in [4.69, 9.17) is 9.16 Å². The average molecular weight is 550 g/mol. The number of rotatable bonds is 8. The highest BCUT2D eigenvalue weighted by molar-refractivity contribution is 7.00.